The minimum Gasteiger partial charge on any atom is -0.488 e. The van der Waals surface area contributed by atoms with Crippen LogP contribution in [0.2, 0.25) is 0 Å². The maximum absolute atomic E-state index is 11.8. The fraction of sp³-hybridized carbons (Fsp3) is 0.320. The zero-order chi connectivity index (χ0) is 19.8. The molecule has 2 aliphatic rings. The fourth-order valence-electron chi connectivity index (χ4n) is 4.78. The van der Waals surface area contributed by atoms with Gasteiger partial charge < -0.3 is 10.1 Å². The van der Waals surface area contributed by atoms with Crippen LogP contribution in [0.3, 0.4) is 0 Å². The van der Waals surface area contributed by atoms with Crippen molar-refractivity contribution in [3.63, 3.8) is 0 Å². The van der Waals surface area contributed by atoms with Gasteiger partial charge in [0.05, 0.1) is 0 Å². The van der Waals surface area contributed by atoms with Crippen molar-refractivity contribution in [2.75, 3.05) is 0 Å². The Bertz CT molecular complexity index is 1040. The van der Waals surface area contributed by atoms with Gasteiger partial charge in [-0.05, 0) is 60.2 Å². The van der Waals surface area contributed by atoms with Crippen molar-refractivity contribution in [1.29, 1.82) is 0 Å². The second kappa shape index (κ2) is 7.34. The van der Waals surface area contributed by atoms with Crippen LogP contribution in [0.5, 0.6) is 5.75 Å². The van der Waals surface area contributed by atoms with Crippen molar-refractivity contribution in [3.8, 4) is 16.2 Å². The van der Waals surface area contributed by atoms with E-state index in [2.05, 4.69) is 42.6 Å². The second-order valence-electron chi connectivity index (χ2n) is 8.32. The summed E-state index contributed by atoms with van der Waals surface area (Å²) in [6.45, 7) is 2.91. The summed E-state index contributed by atoms with van der Waals surface area (Å²) in [6, 6.07) is 21.5. The average Bonchev–Trinajstić information content (AvgIpc) is 3.22. The first-order valence-electron chi connectivity index (χ1n) is 10.3. The van der Waals surface area contributed by atoms with Crippen molar-refractivity contribution in [2.45, 2.75) is 50.7 Å². The van der Waals surface area contributed by atoms with E-state index < -0.39 is 0 Å². The van der Waals surface area contributed by atoms with Crippen LogP contribution in [0.25, 0.3) is 10.4 Å². The molecule has 0 bridgehead atoms. The Balaban J connectivity index is 1.36. The van der Waals surface area contributed by atoms with E-state index in [1.807, 2.05) is 30.3 Å². The normalized spacial score (nSPS) is 23.1. The summed E-state index contributed by atoms with van der Waals surface area (Å²) >= 11 is 1.80. The number of piperidine rings is 1. The molecule has 2 atom stereocenters. The Labute approximate surface area is 175 Å². The van der Waals surface area contributed by atoms with E-state index in [4.69, 9.17) is 4.74 Å². The zero-order valence-electron chi connectivity index (χ0n) is 16.6. The largest absolute Gasteiger partial charge is 0.488 e. The average molecular weight is 404 g/mol. The molecular formula is C25H25NO2S. The van der Waals surface area contributed by atoms with Gasteiger partial charge in [-0.1, -0.05) is 43.3 Å². The van der Waals surface area contributed by atoms with Crippen molar-refractivity contribution < 1.29 is 9.53 Å². The van der Waals surface area contributed by atoms with Gasteiger partial charge in [0, 0.05) is 27.6 Å². The maximum atomic E-state index is 11.8. The van der Waals surface area contributed by atoms with E-state index in [0.29, 0.717) is 13.0 Å². The number of para-hydroxylation sites is 1. The quantitative estimate of drug-likeness (QED) is 0.627. The van der Waals surface area contributed by atoms with Gasteiger partial charge in [-0.15, -0.1) is 11.3 Å². The third-order valence-electron chi connectivity index (χ3n) is 6.47. The summed E-state index contributed by atoms with van der Waals surface area (Å²) in [5, 5.41) is 3.23. The SMILES string of the molecule is C[C@]12CCC(=O)N[C@@H]1CCc1cc(-c3ccc(COc4ccccc4)s3)ccc12. The van der Waals surface area contributed by atoms with E-state index in [0.717, 1.165) is 25.0 Å². The van der Waals surface area contributed by atoms with E-state index in [9.17, 15) is 4.79 Å². The number of nitrogens with one attached hydrogen (secondary N) is 1. The van der Waals surface area contributed by atoms with Crippen molar-refractivity contribution in [2.24, 2.45) is 0 Å². The van der Waals surface area contributed by atoms with Crippen LogP contribution in [0.15, 0.2) is 60.7 Å². The number of aryl methyl sites for hydroxylation is 1. The summed E-state index contributed by atoms with van der Waals surface area (Å²) in [7, 11) is 0. The van der Waals surface area contributed by atoms with Crippen LogP contribution in [0.4, 0.5) is 0 Å². The van der Waals surface area contributed by atoms with Crippen molar-refractivity contribution >= 4 is 17.2 Å². The lowest BCUT2D eigenvalue weighted by Crippen LogP contribution is -2.55. The van der Waals surface area contributed by atoms with Crippen molar-refractivity contribution in [3.05, 3.63) is 76.7 Å². The fourth-order valence-corrected chi connectivity index (χ4v) is 5.70. The molecule has 0 radical (unpaired) electrons. The van der Waals surface area contributed by atoms with E-state index in [1.165, 1.54) is 26.4 Å². The number of hydrogen-bond donors (Lipinski definition) is 1. The number of carbonyl (C=O) groups is 1. The first-order chi connectivity index (χ1) is 14.1. The Morgan fingerprint density at radius 1 is 1.10 bits per heavy atom. The number of rotatable bonds is 4. The summed E-state index contributed by atoms with van der Waals surface area (Å²) in [5.41, 5.74) is 4.20. The Morgan fingerprint density at radius 2 is 1.97 bits per heavy atom. The van der Waals surface area contributed by atoms with Gasteiger partial charge in [-0.2, -0.15) is 0 Å². The Hall–Kier alpha value is -2.59. The molecular weight excluding hydrogens is 378 g/mol. The van der Waals surface area contributed by atoms with E-state index in [-0.39, 0.29) is 17.4 Å². The molecule has 2 heterocycles. The van der Waals surface area contributed by atoms with Crippen LogP contribution in [0, 0.1) is 0 Å². The van der Waals surface area contributed by atoms with Crippen LogP contribution < -0.4 is 10.1 Å². The minimum atomic E-state index is 0.0597. The lowest BCUT2D eigenvalue weighted by atomic mass is 9.64. The number of hydrogen-bond acceptors (Lipinski definition) is 3. The number of amides is 1. The number of ether oxygens (including phenoxy) is 1. The summed E-state index contributed by atoms with van der Waals surface area (Å²) in [4.78, 5) is 14.3. The number of fused-ring (bicyclic) bond motifs is 3. The lowest BCUT2D eigenvalue weighted by molar-refractivity contribution is -0.125. The third kappa shape index (κ3) is 3.46. The van der Waals surface area contributed by atoms with Crippen LogP contribution in [-0.4, -0.2) is 11.9 Å². The lowest BCUT2D eigenvalue weighted by Gasteiger charge is -2.46. The molecule has 4 heteroatoms. The van der Waals surface area contributed by atoms with Crippen LogP contribution in [0.1, 0.15) is 42.2 Å². The molecule has 0 saturated carbocycles. The molecule has 1 fully saturated rings. The first-order valence-corrected chi connectivity index (χ1v) is 11.1. The summed E-state index contributed by atoms with van der Waals surface area (Å²) < 4.78 is 5.89. The molecule has 2 aromatic carbocycles. The van der Waals surface area contributed by atoms with Crippen LogP contribution in [-0.2, 0) is 23.2 Å². The van der Waals surface area contributed by atoms with Gasteiger partial charge in [0.15, 0.2) is 0 Å². The van der Waals surface area contributed by atoms with Crippen LogP contribution >= 0.6 is 11.3 Å². The molecule has 5 rings (SSSR count). The van der Waals surface area contributed by atoms with Gasteiger partial charge >= 0.3 is 0 Å². The van der Waals surface area contributed by atoms with Gasteiger partial charge in [0.2, 0.25) is 5.91 Å². The molecule has 0 spiro atoms. The molecule has 1 amide bonds. The highest BCUT2D eigenvalue weighted by atomic mass is 32.1. The highest BCUT2D eigenvalue weighted by Crippen LogP contribution is 2.44. The predicted molar refractivity (Wildman–Crippen MR) is 117 cm³/mol. The van der Waals surface area contributed by atoms with Gasteiger partial charge in [0.25, 0.3) is 0 Å². The predicted octanol–water partition coefficient (Wildman–Crippen LogP) is 5.48. The monoisotopic (exact) mass is 403 g/mol. The third-order valence-corrected chi connectivity index (χ3v) is 7.58. The standard InChI is InChI=1S/C25H25NO2S/c1-25-14-13-24(27)26-23(25)12-8-17-15-18(7-10-21(17)25)22-11-9-20(29-22)16-28-19-5-3-2-4-6-19/h2-7,9-11,15,23H,8,12-14,16H2,1H3,(H,26,27)/t23-,25-/m1/s1. The van der Waals surface area contributed by atoms with Gasteiger partial charge in [0.1, 0.15) is 12.4 Å². The molecule has 3 aromatic rings. The first kappa shape index (κ1) is 18.4. The highest BCUT2D eigenvalue weighted by molar-refractivity contribution is 7.15. The van der Waals surface area contributed by atoms with Gasteiger partial charge in [-0.25, -0.2) is 0 Å². The highest BCUT2D eigenvalue weighted by Gasteiger charge is 2.43. The topological polar surface area (TPSA) is 38.3 Å². The summed E-state index contributed by atoms with van der Waals surface area (Å²) in [6.07, 6.45) is 3.62. The van der Waals surface area contributed by atoms with Gasteiger partial charge in [-0.3, -0.25) is 4.79 Å². The molecule has 1 saturated heterocycles. The Morgan fingerprint density at radius 3 is 2.83 bits per heavy atom. The smallest absolute Gasteiger partial charge is 0.220 e. The molecule has 1 N–H and O–H groups in total. The molecule has 0 unspecified atom stereocenters. The summed E-state index contributed by atoms with van der Waals surface area (Å²) in [5.74, 6) is 1.11. The number of benzene rings is 2. The second-order valence-corrected chi connectivity index (χ2v) is 9.48. The molecule has 3 nitrogen and oxygen atoms in total. The molecule has 1 aliphatic carbocycles. The molecule has 148 valence electrons. The van der Waals surface area contributed by atoms with E-state index >= 15 is 0 Å². The molecule has 29 heavy (non-hydrogen) atoms. The maximum Gasteiger partial charge on any atom is 0.220 e. The number of thiophene rings is 1. The molecule has 1 aromatic heterocycles. The minimum absolute atomic E-state index is 0.0597. The zero-order valence-corrected chi connectivity index (χ0v) is 17.4. The van der Waals surface area contributed by atoms with E-state index in [1.54, 1.807) is 11.3 Å². The number of carbonyl (C=O) groups excluding carboxylic acids is 1. The van der Waals surface area contributed by atoms with Crippen molar-refractivity contribution in [1.82, 2.24) is 5.32 Å². The Kier molecular flexibility index (Phi) is 4.67. The molecule has 1 aliphatic heterocycles.